The zero-order valence-electron chi connectivity index (χ0n) is 20.2. The van der Waals surface area contributed by atoms with Crippen molar-refractivity contribution in [1.29, 1.82) is 0 Å². The predicted octanol–water partition coefficient (Wildman–Crippen LogP) is 1.43. The van der Waals surface area contributed by atoms with Crippen LogP contribution in [0.15, 0.2) is 18.2 Å². The van der Waals surface area contributed by atoms with Gasteiger partial charge in [-0.15, -0.1) is 0 Å². The van der Waals surface area contributed by atoms with Crippen LogP contribution in [0.5, 0.6) is 17.8 Å². The van der Waals surface area contributed by atoms with E-state index in [1.807, 2.05) is 12.2 Å². The van der Waals surface area contributed by atoms with Crippen LogP contribution in [0.1, 0.15) is 38.5 Å². The van der Waals surface area contributed by atoms with Crippen molar-refractivity contribution in [2.24, 2.45) is 17.8 Å². The van der Waals surface area contributed by atoms with Crippen LogP contribution in [0.25, 0.3) is 0 Å². The van der Waals surface area contributed by atoms with Crippen LogP contribution < -0.4 is 19.5 Å². The topological polar surface area (TPSA) is 140 Å². The van der Waals surface area contributed by atoms with Gasteiger partial charge >= 0.3 is 12.0 Å². The molecule has 190 valence electrons. The molecule has 3 aliphatic rings. The second kappa shape index (κ2) is 10.1. The molecule has 4 rings (SSSR count). The summed E-state index contributed by atoms with van der Waals surface area (Å²) in [4.78, 5) is 48.7. The van der Waals surface area contributed by atoms with E-state index in [9.17, 15) is 19.5 Å². The van der Waals surface area contributed by atoms with Crippen molar-refractivity contribution >= 4 is 17.8 Å². The van der Waals surface area contributed by atoms with Crippen molar-refractivity contribution in [1.82, 2.24) is 20.2 Å². The molecule has 35 heavy (non-hydrogen) atoms. The number of rotatable bonds is 5. The maximum absolute atomic E-state index is 13.4. The third-order valence-electron chi connectivity index (χ3n) is 7.11. The van der Waals surface area contributed by atoms with Crippen LogP contribution in [-0.4, -0.2) is 77.2 Å². The zero-order chi connectivity index (χ0) is 25.2. The zero-order valence-corrected chi connectivity index (χ0v) is 20.2. The molecule has 0 radical (unpaired) electrons. The fourth-order valence-electron chi connectivity index (χ4n) is 5.00. The van der Waals surface area contributed by atoms with E-state index in [1.54, 1.807) is 11.9 Å². The van der Waals surface area contributed by atoms with E-state index in [2.05, 4.69) is 15.3 Å². The number of aromatic nitrogens is 2. The number of allylic oxidation sites excluding steroid dienone is 1. The van der Waals surface area contributed by atoms with Gasteiger partial charge in [-0.3, -0.25) is 9.59 Å². The third kappa shape index (κ3) is 5.18. The standard InChI is InChI=1S/C24H32N4O7/c1-28-9-7-5-4-6-8-14-13-24(14,22(31)32)27-20(29)16-10-15(11-17(16)21(28)30)35-19-12-18(33-2)25-23(26-19)34-3/h6,8,12,14-17H,4-5,7,9-11,13H2,1-3H3,(H,27,29)(H,31,32)/b8-6+. The van der Waals surface area contributed by atoms with Gasteiger partial charge < -0.3 is 29.5 Å². The molecule has 2 fully saturated rings. The SMILES string of the molecule is COc1cc(OC2CC3C(=O)NC4(C(=O)O)CC4/C=C/CCCCN(C)C(=O)C3C2)nc(OC)n1. The van der Waals surface area contributed by atoms with Crippen LogP contribution in [0.3, 0.4) is 0 Å². The molecule has 1 aliphatic heterocycles. The van der Waals surface area contributed by atoms with Crippen molar-refractivity contribution in [3.8, 4) is 17.8 Å². The molecule has 2 heterocycles. The summed E-state index contributed by atoms with van der Waals surface area (Å²) >= 11 is 0. The number of hydrogen-bond donors (Lipinski definition) is 2. The molecule has 5 unspecified atom stereocenters. The lowest BCUT2D eigenvalue weighted by molar-refractivity contribution is -0.145. The molecule has 2 saturated carbocycles. The lowest BCUT2D eigenvalue weighted by atomic mass is 9.93. The molecule has 0 saturated heterocycles. The highest BCUT2D eigenvalue weighted by atomic mass is 16.5. The van der Waals surface area contributed by atoms with Gasteiger partial charge in [0.25, 0.3) is 0 Å². The Morgan fingerprint density at radius 2 is 1.89 bits per heavy atom. The Morgan fingerprint density at radius 1 is 1.14 bits per heavy atom. The molecule has 2 amide bonds. The average molecular weight is 489 g/mol. The minimum atomic E-state index is -1.32. The minimum Gasteiger partial charge on any atom is -0.481 e. The average Bonchev–Trinajstić information content (AvgIpc) is 3.38. The van der Waals surface area contributed by atoms with Crippen molar-refractivity contribution in [3.63, 3.8) is 0 Å². The number of carboxylic acids is 1. The number of nitrogens with one attached hydrogen (secondary N) is 1. The first kappa shape index (κ1) is 24.7. The summed E-state index contributed by atoms with van der Waals surface area (Å²) in [5.41, 5.74) is -1.32. The number of methoxy groups -OCH3 is 2. The summed E-state index contributed by atoms with van der Waals surface area (Å²) in [6, 6.07) is 1.58. The molecule has 2 N–H and O–H groups in total. The molecule has 1 aromatic heterocycles. The Hall–Kier alpha value is -3.37. The lowest BCUT2D eigenvalue weighted by Crippen LogP contribution is -2.49. The third-order valence-corrected chi connectivity index (χ3v) is 7.11. The molecule has 11 nitrogen and oxygen atoms in total. The lowest BCUT2D eigenvalue weighted by Gasteiger charge is -2.26. The number of ether oxygens (including phenoxy) is 3. The number of carbonyl (C=O) groups excluding carboxylic acids is 2. The summed E-state index contributed by atoms with van der Waals surface area (Å²) in [7, 11) is 4.62. The molecule has 5 atom stereocenters. The number of fused-ring (bicyclic) bond motifs is 2. The van der Waals surface area contributed by atoms with Crippen LogP contribution >= 0.6 is 0 Å². The minimum absolute atomic E-state index is 0.0701. The Morgan fingerprint density at radius 3 is 2.60 bits per heavy atom. The maximum atomic E-state index is 13.4. The number of aliphatic carboxylic acids is 1. The molecular formula is C24H32N4O7. The van der Waals surface area contributed by atoms with E-state index < -0.39 is 35.4 Å². The van der Waals surface area contributed by atoms with Crippen molar-refractivity contribution in [2.75, 3.05) is 27.8 Å². The second-order valence-corrected chi connectivity index (χ2v) is 9.42. The number of carbonyl (C=O) groups is 3. The Kier molecular flexibility index (Phi) is 7.13. The largest absolute Gasteiger partial charge is 0.481 e. The van der Waals surface area contributed by atoms with Gasteiger partial charge in [0.1, 0.15) is 11.6 Å². The smallest absolute Gasteiger partial charge is 0.330 e. The van der Waals surface area contributed by atoms with Crippen LogP contribution in [0.2, 0.25) is 0 Å². The monoisotopic (exact) mass is 488 g/mol. The Bertz CT molecular complexity index is 993. The first-order valence-electron chi connectivity index (χ1n) is 11.9. The first-order valence-corrected chi connectivity index (χ1v) is 11.9. The highest BCUT2D eigenvalue weighted by molar-refractivity contribution is 5.94. The van der Waals surface area contributed by atoms with Gasteiger partial charge in [0.05, 0.1) is 32.1 Å². The van der Waals surface area contributed by atoms with Crippen molar-refractivity contribution in [3.05, 3.63) is 18.2 Å². The van der Waals surface area contributed by atoms with E-state index in [0.29, 0.717) is 19.4 Å². The van der Waals surface area contributed by atoms with E-state index in [1.165, 1.54) is 20.3 Å². The van der Waals surface area contributed by atoms with Gasteiger partial charge in [-0.05, 0) is 38.5 Å². The molecule has 11 heteroatoms. The van der Waals surface area contributed by atoms with Gasteiger partial charge in [0.15, 0.2) is 0 Å². The van der Waals surface area contributed by atoms with Crippen LogP contribution in [-0.2, 0) is 14.4 Å². The molecular weight excluding hydrogens is 456 g/mol. The number of amides is 2. The van der Waals surface area contributed by atoms with Crippen molar-refractivity contribution < 1.29 is 33.7 Å². The number of nitrogens with zero attached hydrogens (tertiary/aromatic N) is 3. The molecule has 0 bridgehead atoms. The van der Waals surface area contributed by atoms with Crippen LogP contribution in [0, 0.1) is 17.8 Å². The highest BCUT2D eigenvalue weighted by Crippen LogP contribution is 2.46. The summed E-state index contributed by atoms with van der Waals surface area (Å²) in [5.74, 6) is -2.76. The molecule has 1 aromatic rings. The Labute approximate surface area is 203 Å². The van der Waals surface area contributed by atoms with Gasteiger partial charge in [0.2, 0.25) is 23.6 Å². The molecule has 0 aromatic carbocycles. The van der Waals surface area contributed by atoms with Gasteiger partial charge in [-0.25, -0.2) is 4.79 Å². The fraction of sp³-hybridized carbons (Fsp3) is 0.625. The number of carboxylic acid groups (broad SMARTS) is 1. The second-order valence-electron chi connectivity index (χ2n) is 9.42. The summed E-state index contributed by atoms with van der Waals surface area (Å²) in [6.45, 7) is 0.589. The van der Waals surface area contributed by atoms with Gasteiger partial charge in [-0.2, -0.15) is 9.97 Å². The first-order chi connectivity index (χ1) is 16.8. The predicted molar refractivity (Wildman–Crippen MR) is 123 cm³/mol. The molecule has 0 spiro atoms. The fourth-order valence-corrected chi connectivity index (χ4v) is 5.00. The summed E-state index contributed by atoms with van der Waals surface area (Å²) < 4.78 is 16.3. The van der Waals surface area contributed by atoms with Gasteiger partial charge in [0, 0.05) is 19.5 Å². The summed E-state index contributed by atoms with van der Waals surface area (Å²) in [6.07, 6.45) is 6.80. The van der Waals surface area contributed by atoms with E-state index >= 15 is 0 Å². The van der Waals surface area contributed by atoms with Crippen LogP contribution in [0.4, 0.5) is 0 Å². The van der Waals surface area contributed by atoms with E-state index in [4.69, 9.17) is 14.2 Å². The maximum Gasteiger partial charge on any atom is 0.330 e. The van der Waals surface area contributed by atoms with E-state index in [0.717, 1.165) is 19.3 Å². The normalized spacial score (nSPS) is 31.9. The Balaban J connectivity index is 1.58. The quantitative estimate of drug-likeness (QED) is 0.589. The van der Waals surface area contributed by atoms with E-state index in [-0.39, 0.29) is 36.0 Å². The van der Waals surface area contributed by atoms with Crippen molar-refractivity contribution in [2.45, 2.75) is 50.2 Å². The molecule has 2 aliphatic carbocycles. The summed E-state index contributed by atoms with van der Waals surface area (Å²) in [5, 5.41) is 12.6. The van der Waals surface area contributed by atoms with Gasteiger partial charge in [-0.1, -0.05) is 12.2 Å². The number of hydrogen-bond acceptors (Lipinski definition) is 8. The highest BCUT2D eigenvalue weighted by Gasteiger charge is 2.61.